The van der Waals surface area contributed by atoms with Crippen LogP contribution in [0.3, 0.4) is 0 Å². The van der Waals surface area contributed by atoms with Gasteiger partial charge < -0.3 is 28.4 Å². The highest BCUT2D eigenvalue weighted by Gasteiger charge is 2.60. The fourth-order valence-electron chi connectivity index (χ4n) is 7.26. The van der Waals surface area contributed by atoms with Gasteiger partial charge in [0.05, 0.1) is 24.9 Å². The van der Waals surface area contributed by atoms with Gasteiger partial charge in [0.2, 0.25) is 0 Å². The van der Waals surface area contributed by atoms with Crippen LogP contribution in [0.15, 0.2) is 23.3 Å². The molecule has 5 atom stereocenters. The summed E-state index contributed by atoms with van der Waals surface area (Å²) in [5.74, 6) is 0.546. The van der Waals surface area contributed by atoms with Crippen LogP contribution in [0.25, 0.3) is 0 Å². The van der Waals surface area contributed by atoms with E-state index in [2.05, 4.69) is 19.1 Å². The van der Waals surface area contributed by atoms with E-state index in [9.17, 15) is 0 Å². The van der Waals surface area contributed by atoms with Gasteiger partial charge in [-0.05, 0) is 50.0 Å². The standard InChI is InChI=1S/C25H38O6/c1-23-9-8-20-14-18-6-10-24(29-12-13-30-24)15-19(18)7-11-25(20,31-17-27-3)21(23)4-5-22(23)28-16-26-2/h8,14,19,21-22H,4-7,9-13,15-17H2,1-3H3/t19-,21-,22+,23+,25-/m1/s1. The van der Waals surface area contributed by atoms with Crippen LogP contribution in [0.5, 0.6) is 0 Å². The maximum atomic E-state index is 6.67. The Bertz CT molecular complexity index is 726. The molecule has 5 rings (SSSR count). The minimum Gasteiger partial charge on any atom is -0.359 e. The molecule has 1 saturated heterocycles. The molecule has 2 saturated carbocycles. The van der Waals surface area contributed by atoms with Crippen molar-refractivity contribution >= 4 is 0 Å². The summed E-state index contributed by atoms with van der Waals surface area (Å²) in [4.78, 5) is 0. The molecule has 3 fully saturated rings. The molecule has 1 heterocycles. The summed E-state index contributed by atoms with van der Waals surface area (Å²) in [7, 11) is 3.41. The van der Waals surface area contributed by atoms with Gasteiger partial charge >= 0.3 is 0 Å². The Labute approximate surface area is 186 Å². The fraction of sp³-hybridized carbons (Fsp3) is 0.840. The summed E-state index contributed by atoms with van der Waals surface area (Å²) in [5.41, 5.74) is 2.64. The van der Waals surface area contributed by atoms with E-state index in [0.717, 1.165) is 64.6 Å². The Kier molecular flexibility index (Phi) is 6.08. The third kappa shape index (κ3) is 3.64. The first-order valence-electron chi connectivity index (χ1n) is 12.0. The first kappa shape index (κ1) is 22.1. The average Bonchev–Trinajstić information content (AvgIpc) is 3.32. The Balaban J connectivity index is 1.46. The second kappa shape index (κ2) is 8.54. The SMILES string of the molecule is COCO[C@H]1CC[C@@H]2[C@]1(C)CC=C1C=C3CCC4(C[C@H]3CC[C@@]12OCOC)OCCO4. The predicted octanol–water partition coefficient (Wildman–Crippen LogP) is 4.34. The largest absolute Gasteiger partial charge is 0.359 e. The van der Waals surface area contributed by atoms with E-state index in [1.165, 1.54) is 5.57 Å². The molecule has 0 amide bonds. The first-order valence-corrected chi connectivity index (χ1v) is 12.0. The van der Waals surface area contributed by atoms with E-state index in [1.807, 2.05) is 0 Å². The molecule has 1 aliphatic heterocycles. The maximum absolute atomic E-state index is 6.67. The normalized spacial score (nSPS) is 41.2. The van der Waals surface area contributed by atoms with Crippen LogP contribution in [0.1, 0.15) is 58.3 Å². The van der Waals surface area contributed by atoms with Crippen molar-refractivity contribution < 1.29 is 28.4 Å². The van der Waals surface area contributed by atoms with Crippen molar-refractivity contribution in [2.45, 2.75) is 75.8 Å². The fourth-order valence-corrected chi connectivity index (χ4v) is 7.26. The highest BCUT2D eigenvalue weighted by molar-refractivity contribution is 5.41. The van der Waals surface area contributed by atoms with Gasteiger partial charge in [-0.15, -0.1) is 0 Å². The number of methoxy groups -OCH3 is 2. The van der Waals surface area contributed by atoms with E-state index in [1.54, 1.807) is 19.8 Å². The van der Waals surface area contributed by atoms with Gasteiger partial charge in [0.25, 0.3) is 0 Å². The molecule has 174 valence electrons. The lowest BCUT2D eigenvalue weighted by molar-refractivity contribution is -0.186. The lowest BCUT2D eigenvalue weighted by Crippen LogP contribution is -2.52. The summed E-state index contributed by atoms with van der Waals surface area (Å²) in [6.07, 6.45) is 13.3. The van der Waals surface area contributed by atoms with Crippen molar-refractivity contribution in [2.24, 2.45) is 17.3 Å². The number of fused-ring (bicyclic) bond motifs is 4. The van der Waals surface area contributed by atoms with Crippen molar-refractivity contribution in [3.8, 4) is 0 Å². The number of allylic oxidation sites excluding steroid dienone is 2. The van der Waals surface area contributed by atoms with Gasteiger partial charge in [0, 0.05) is 38.4 Å². The molecule has 1 spiro atoms. The first-order chi connectivity index (χ1) is 15.1. The lowest BCUT2D eigenvalue weighted by atomic mass is 9.60. The zero-order valence-electron chi connectivity index (χ0n) is 19.3. The van der Waals surface area contributed by atoms with Crippen molar-refractivity contribution in [3.63, 3.8) is 0 Å². The average molecular weight is 435 g/mol. The molecule has 0 aromatic heterocycles. The van der Waals surface area contributed by atoms with Crippen molar-refractivity contribution in [2.75, 3.05) is 41.0 Å². The molecule has 0 radical (unpaired) electrons. The molecule has 6 heteroatoms. The van der Waals surface area contributed by atoms with Crippen LogP contribution in [-0.2, 0) is 28.4 Å². The van der Waals surface area contributed by atoms with Gasteiger partial charge in [0.15, 0.2) is 5.79 Å². The molecule has 0 aromatic carbocycles. The minimum atomic E-state index is -0.354. The van der Waals surface area contributed by atoms with Crippen molar-refractivity contribution in [3.05, 3.63) is 23.3 Å². The molecule has 31 heavy (non-hydrogen) atoms. The number of hydrogen-bond donors (Lipinski definition) is 0. The minimum absolute atomic E-state index is 0.0443. The quantitative estimate of drug-likeness (QED) is 0.580. The highest BCUT2D eigenvalue weighted by Crippen LogP contribution is 2.61. The summed E-state index contributed by atoms with van der Waals surface area (Å²) in [6.45, 7) is 4.50. The van der Waals surface area contributed by atoms with Gasteiger partial charge in [-0.1, -0.05) is 24.6 Å². The molecule has 0 N–H and O–H groups in total. The zero-order chi connectivity index (χ0) is 21.5. The Hall–Kier alpha value is -0.760. The van der Waals surface area contributed by atoms with Crippen LogP contribution in [0.4, 0.5) is 0 Å². The summed E-state index contributed by atoms with van der Waals surface area (Å²) in [5, 5.41) is 0. The van der Waals surface area contributed by atoms with Crippen molar-refractivity contribution in [1.82, 2.24) is 0 Å². The predicted molar refractivity (Wildman–Crippen MR) is 115 cm³/mol. The van der Waals surface area contributed by atoms with Gasteiger partial charge in [0.1, 0.15) is 13.6 Å². The third-order valence-corrected chi connectivity index (χ3v) is 8.78. The summed E-state index contributed by atoms with van der Waals surface area (Å²) in [6, 6.07) is 0. The van der Waals surface area contributed by atoms with Crippen LogP contribution < -0.4 is 0 Å². The van der Waals surface area contributed by atoms with Crippen molar-refractivity contribution in [1.29, 1.82) is 0 Å². The molecular weight excluding hydrogens is 396 g/mol. The van der Waals surface area contributed by atoms with E-state index < -0.39 is 0 Å². The Morgan fingerprint density at radius 2 is 1.84 bits per heavy atom. The van der Waals surface area contributed by atoms with E-state index in [-0.39, 0.29) is 22.9 Å². The van der Waals surface area contributed by atoms with Gasteiger partial charge in [-0.2, -0.15) is 0 Å². The second-order valence-corrected chi connectivity index (χ2v) is 10.3. The van der Waals surface area contributed by atoms with E-state index in [4.69, 9.17) is 28.4 Å². The maximum Gasteiger partial charge on any atom is 0.169 e. The van der Waals surface area contributed by atoms with Crippen LogP contribution in [0, 0.1) is 17.3 Å². The van der Waals surface area contributed by atoms with Gasteiger partial charge in [-0.25, -0.2) is 0 Å². The number of ether oxygens (including phenoxy) is 6. The summed E-state index contributed by atoms with van der Waals surface area (Å²) < 4.78 is 35.6. The molecule has 5 aliphatic rings. The lowest BCUT2D eigenvalue weighted by Gasteiger charge is -2.51. The smallest absolute Gasteiger partial charge is 0.169 e. The summed E-state index contributed by atoms with van der Waals surface area (Å²) >= 11 is 0. The molecule has 0 aromatic rings. The molecule has 0 bridgehead atoms. The molecular formula is C25H38O6. The molecule has 4 aliphatic carbocycles. The van der Waals surface area contributed by atoms with E-state index >= 15 is 0 Å². The second-order valence-electron chi connectivity index (χ2n) is 10.3. The van der Waals surface area contributed by atoms with Gasteiger partial charge in [-0.3, -0.25) is 0 Å². The topological polar surface area (TPSA) is 55.4 Å². The monoisotopic (exact) mass is 434 g/mol. The highest BCUT2D eigenvalue weighted by atomic mass is 16.7. The Morgan fingerprint density at radius 1 is 1.03 bits per heavy atom. The van der Waals surface area contributed by atoms with E-state index in [0.29, 0.717) is 25.4 Å². The third-order valence-electron chi connectivity index (χ3n) is 8.78. The molecule has 0 unspecified atom stereocenters. The van der Waals surface area contributed by atoms with Crippen LogP contribution >= 0.6 is 0 Å². The Morgan fingerprint density at radius 3 is 2.61 bits per heavy atom. The van der Waals surface area contributed by atoms with Crippen LogP contribution in [0.2, 0.25) is 0 Å². The van der Waals surface area contributed by atoms with Crippen LogP contribution in [-0.4, -0.2) is 58.5 Å². The zero-order valence-corrected chi connectivity index (χ0v) is 19.3. The number of rotatable bonds is 6. The molecule has 6 nitrogen and oxygen atoms in total. The number of hydrogen-bond acceptors (Lipinski definition) is 6.